The number of rotatable bonds is 3. The number of nitrogens with two attached hydrogens (primary N) is 1. The van der Waals surface area contributed by atoms with Crippen molar-refractivity contribution in [1.82, 2.24) is 4.90 Å². The summed E-state index contributed by atoms with van der Waals surface area (Å²) in [6.45, 7) is 3.18. The van der Waals surface area contributed by atoms with Crippen molar-refractivity contribution in [3.63, 3.8) is 0 Å². The van der Waals surface area contributed by atoms with Crippen molar-refractivity contribution >= 4 is 17.6 Å². The van der Waals surface area contributed by atoms with Crippen LogP contribution in [-0.2, 0) is 14.3 Å². The van der Waals surface area contributed by atoms with Crippen LogP contribution >= 0.6 is 0 Å². The van der Waals surface area contributed by atoms with Gasteiger partial charge in [0.05, 0.1) is 26.2 Å². The molecule has 1 atom stereocenters. The lowest BCUT2D eigenvalue weighted by atomic mass is 10.1. The number of benzene rings is 1. The number of hydrogen-bond donors (Lipinski definition) is 1. The predicted octanol–water partition coefficient (Wildman–Crippen LogP) is 0.981. The lowest BCUT2D eigenvalue weighted by Gasteiger charge is -2.32. The third-order valence-corrected chi connectivity index (χ3v) is 3.53. The average molecular weight is 292 g/mol. The number of methoxy groups -OCH3 is 1. The van der Waals surface area contributed by atoms with Crippen molar-refractivity contribution in [2.24, 2.45) is 0 Å². The van der Waals surface area contributed by atoms with Gasteiger partial charge in [0.15, 0.2) is 0 Å². The highest BCUT2D eigenvalue weighted by atomic mass is 16.5. The summed E-state index contributed by atoms with van der Waals surface area (Å²) in [7, 11) is 1.34. The number of nitrogen functional groups attached to an aromatic ring is 1. The zero-order chi connectivity index (χ0) is 15.4. The van der Waals surface area contributed by atoms with Gasteiger partial charge < -0.3 is 20.1 Å². The number of hydrogen-bond acceptors (Lipinski definition) is 5. The SMILES string of the molecule is COC(=O)CC1CN(C(=O)c2ccc(N)cc2C)CCO1. The summed E-state index contributed by atoms with van der Waals surface area (Å²) in [5, 5.41) is 0. The van der Waals surface area contributed by atoms with Crippen LogP contribution < -0.4 is 5.73 Å². The van der Waals surface area contributed by atoms with Crippen LogP contribution in [0, 0.1) is 6.92 Å². The van der Waals surface area contributed by atoms with Crippen LogP contribution in [0.4, 0.5) is 5.69 Å². The Balaban J connectivity index is 2.06. The minimum absolute atomic E-state index is 0.0642. The summed E-state index contributed by atoms with van der Waals surface area (Å²) in [5.74, 6) is -0.399. The number of amides is 1. The fourth-order valence-electron chi connectivity index (χ4n) is 2.39. The molecule has 21 heavy (non-hydrogen) atoms. The van der Waals surface area contributed by atoms with E-state index in [2.05, 4.69) is 4.74 Å². The van der Waals surface area contributed by atoms with E-state index in [1.807, 2.05) is 6.92 Å². The molecule has 114 valence electrons. The number of morpholine rings is 1. The van der Waals surface area contributed by atoms with E-state index in [-0.39, 0.29) is 24.4 Å². The van der Waals surface area contributed by atoms with Gasteiger partial charge in [0.2, 0.25) is 0 Å². The molecule has 6 nitrogen and oxygen atoms in total. The fraction of sp³-hybridized carbons (Fsp3) is 0.467. The third kappa shape index (κ3) is 3.72. The summed E-state index contributed by atoms with van der Waals surface area (Å²) >= 11 is 0. The van der Waals surface area contributed by atoms with Gasteiger partial charge in [-0.25, -0.2) is 0 Å². The summed E-state index contributed by atoms with van der Waals surface area (Å²) in [6, 6.07) is 5.23. The Morgan fingerprint density at radius 3 is 2.90 bits per heavy atom. The average Bonchev–Trinajstić information content (AvgIpc) is 2.47. The molecule has 0 bridgehead atoms. The Labute approximate surface area is 123 Å². The number of aryl methyl sites for hydroxylation is 1. The lowest BCUT2D eigenvalue weighted by molar-refractivity contribution is -0.145. The van der Waals surface area contributed by atoms with Gasteiger partial charge in [-0.1, -0.05) is 0 Å². The van der Waals surface area contributed by atoms with Crippen molar-refractivity contribution in [3.8, 4) is 0 Å². The van der Waals surface area contributed by atoms with Crippen molar-refractivity contribution in [1.29, 1.82) is 0 Å². The Morgan fingerprint density at radius 1 is 1.48 bits per heavy atom. The van der Waals surface area contributed by atoms with E-state index in [4.69, 9.17) is 10.5 Å². The standard InChI is InChI=1S/C15H20N2O4/c1-10-7-11(16)3-4-13(10)15(19)17-5-6-21-12(9-17)8-14(18)20-2/h3-4,7,12H,5-6,8-9,16H2,1-2H3. The number of ether oxygens (including phenoxy) is 2. The van der Waals surface area contributed by atoms with E-state index in [1.165, 1.54) is 7.11 Å². The smallest absolute Gasteiger partial charge is 0.308 e. The molecule has 1 unspecified atom stereocenters. The Morgan fingerprint density at radius 2 is 2.24 bits per heavy atom. The Hall–Kier alpha value is -2.08. The first-order chi connectivity index (χ1) is 10.0. The first kappa shape index (κ1) is 15.3. The van der Waals surface area contributed by atoms with Crippen LogP contribution in [0.15, 0.2) is 18.2 Å². The molecule has 6 heteroatoms. The van der Waals surface area contributed by atoms with Gasteiger partial charge in [0, 0.05) is 24.3 Å². The predicted molar refractivity (Wildman–Crippen MR) is 77.9 cm³/mol. The van der Waals surface area contributed by atoms with E-state index in [0.717, 1.165) is 5.56 Å². The molecule has 0 aromatic heterocycles. The van der Waals surface area contributed by atoms with Crippen LogP contribution in [0.2, 0.25) is 0 Å². The van der Waals surface area contributed by atoms with Crippen molar-refractivity contribution in [2.45, 2.75) is 19.4 Å². The molecule has 2 rings (SSSR count). The van der Waals surface area contributed by atoms with Crippen LogP contribution in [-0.4, -0.2) is 49.7 Å². The molecule has 1 heterocycles. The summed E-state index contributed by atoms with van der Waals surface area (Å²) in [5.41, 5.74) is 7.81. The van der Waals surface area contributed by atoms with Crippen LogP contribution in [0.5, 0.6) is 0 Å². The molecule has 0 spiro atoms. The van der Waals surface area contributed by atoms with Gasteiger partial charge in [0.1, 0.15) is 0 Å². The zero-order valence-corrected chi connectivity index (χ0v) is 12.3. The van der Waals surface area contributed by atoms with E-state index >= 15 is 0 Å². The molecule has 2 N–H and O–H groups in total. The van der Waals surface area contributed by atoms with E-state index in [9.17, 15) is 9.59 Å². The molecule has 0 aliphatic carbocycles. The molecule has 1 aromatic rings. The van der Waals surface area contributed by atoms with Gasteiger partial charge in [-0.3, -0.25) is 9.59 Å². The second-order valence-corrected chi connectivity index (χ2v) is 5.10. The minimum Gasteiger partial charge on any atom is -0.469 e. The number of carbonyl (C=O) groups excluding carboxylic acids is 2. The number of nitrogens with zero attached hydrogens (tertiary/aromatic N) is 1. The largest absolute Gasteiger partial charge is 0.469 e. The molecule has 0 saturated carbocycles. The molecular weight excluding hydrogens is 272 g/mol. The molecule has 1 aromatic carbocycles. The molecule has 1 aliphatic heterocycles. The second kappa shape index (κ2) is 6.58. The molecule has 0 radical (unpaired) electrons. The highest BCUT2D eigenvalue weighted by Gasteiger charge is 2.27. The van der Waals surface area contributed by atoms with Crippen molar-refractivity contribution < 1.29 is 19.1 Å². The normalized spacial score (nSPS) is 18.4. The maximum absolute atomic E-state index is 12.5. The lowest BCUT2D eigenvalue weighted by Crippen LogP contribution is -2.46. The van der Waals surface area contributed by atoms with Gasteiger partial charge in [-0.05, 0) is 30.7 Å². The number of esters is 1. The van der Waals surface area contributed by atoms with Gasteiger partial charge in [-0.15, -0.1) is 0 Å². The minimum atomic E-state index is -0.335. The van der Waals surface area contributed by atoms with Crippen molar-refractivity contribution in [3.05, 3.63) is 29.3 Å². The number of carbonyl (C=O) groups is 2. The first-order valence-corrected chi connectivity index (χ1v) is 6.85. The third-order valence-electron chi connectivity index (χ3n) is 3.53. The van der Waals surface area contributed by atoms with Crippen LogP contribution in [0.25, 0.3) is 0 Å². The van der Waals surface area contributed by atoms with Gasteiger partial charge in [0.25, 0.3) is 5.91 Å². The second-order valence-electron chi connectivity index (χ2n) is 5.10. The van der Waals surface area contributed by atoms with Crippen LogP contribution in [0.3, 0.4) is 0 Å². The Kier molecular flexibility index (Phi) is 4.80. The topological polar surface area (TPSA) is 81.9 Å². The summed E-state index contributed by atoms with van der Waals surface area (Å²) in [6.07, 6.45) is -0.162. The highest BCUT2D eigenvalue weighted by molar-refractivity contribution is 5.96. The number of anilines is 1. The van der Waals surface area contributed by atoms with E-state index in [1.54, 1.807) is 23.1 Å². The molecular formula is C15H20N2O4. The van der Waals surface area contributed by atoms with E-state index < -0.39 is 0 Å². The summed E-state index contributed by atoms with van der Waals surface area (Å²) < 4.78 is 10.1. The summed E-state index contributed by atoms with van der Waals surface area (Å²) in [4.78, 5) is 25.5. The quantitative estimate of drug-likeness (QED) is 0.663. The maximum Gasteiger partial charge on any atom is 0.308 e. The molecule has 1 fully saturated rings. The van der Waals surface area contributed by atoms with Crippen LogP contribution in [0.1, 0.15) is 22.3 Å². The molecule has 1 aliphatic rings. The van der Waals surface area contributed by atoms with E-state index in [0.29, 0.717) is 30.9 Å². The zero-order valence-electron chi connectivity index (χ0n) is 12.3. The van der Waals surface area contributed by atoms with Crippen molar-refractivity contribution in [2.75, 3.05) is 32.5 Å². The molecule has 1 amide bonds. The first-order valence-electron chi connectivity index (χ1n) is 6.85. The van der Waals surface area contributed by atoms with Gasteiger partial charge in [-0.2, -0.15) is 0 Å². The molecule has 1 saturated heterocycles. The Bertz CT molecular complexity index is 544. The fourth-order valence-corrected chi connectivity index (χ4v) is 2.39. The van der Waals surface area contributed by atoms with Gasteiger partial charge >= 0.3 is 5.97 Å². The maximum atomic E-state index is 12.5. The monoisotopic (exact) mass is 292 g/mol. The highest BCUT2D eigenvalue weighted by Crippen LogP contribution is 2.17.